The summed E-state index contributed by atoms with van der Waals surface area (Å²) in [6.07, 6.45) is 8.71. The normalized spacial score (nSPS) is 22.8. The van der Waals surface area contributed by atoms with E-state index in [0.29, 0.717) is 17.6 Å². The maximum absolute atomic E-state index is 14.1. The number of hydrogen-bond acceptors (Lipinski definition) is 6. The second kappa shape index (κ2) is 11.2. The monoisotopic (exact) mass is 612 g/mol. The molecule has 1 amide bonds. The highest BCUT2D eigenvalue weighted by Gasteiger charge is 2.58. The van der Waals surface area contributed by atoms with E-state index in [9.17, 15) is 9.59 Å². The molecule has 1 aliphatic carbocycles. The Morgan fingerprint density at radius 3 is 2.41 bits per heavy atom. The summed E-state index contributed by atoms with van der Waals surface area (Å²) in [5.74, 6) is 1.26. The molecule has 1 atom stereocenters. The molecule has 0 fully saturated rings. The highest BCUT2D eigenvalue weighted by atomic mass is 16.5. The number of carbonyl (C=O) groups excluding carboxylic acids is 2. The molecule has 3 aliphatic heterocycles. The zero-order valence-corrected chi connectivity index (χ0v) is 27.2. The summed E-state index contributed by atoms with van der Waals surface area (Å²) < 4.78 is 6.96. The third kappa shape index (κ3) is 4.14. The minimum Gasteiger partial charge on any atom is -0.457 e. The molecule has 1 spiro atoms. The summed E-state index contributed by atoms with van der Waals surface area (Å²) in [5, 5.41) is 6.05. The molecule has 7 nitrogen and oxygen atoms in total. The van der Waals surface area contributed by atoms with Gasteiger partial charge in [-0.25, -0.2) is 5.01 Å². The average Bonchev–Trinajstić information content (AvgIpc) is 3.43. The number of amides is 1. The average molecular weight is 613 g/mol. The van der Waals surface area contributed by atoms with Crippen molar-refractivity contribution in [1.82, 2.24) is 5.01 Å². The first-order valence-electron chi connectivity index (χ1n) is 16.3. The molecule has 0 N–H and O–H groups in total. The number of ether oxygens (including phenoxy) is 1. The van der Waals surface area contributed by atoms with Gasteiger partial charge < -0.3 is 14.5 Å². The quantitative estimate of drug-likeness (QED) is 0.213. The van der Waals surface area contributed by atoms with E-state index in [4.69, 9.17) is 4.74 Å². The minimum absolute atomic E-state index is 0.161. The molecular formula is C39H40N4O3. The van der Waals surface area contributed by atoms with Crippen molar-refractivity contribution in [3.05, 3.63) is 124 Å². The van der Waals surface area contributed by atoms with Crippen molar-refractivity contribution in [2.75, 3.05) is 29.9 Å². The van der Waals surface area contributed by atoms with Crippen LogP contribution in [0.2, 0.25) is 0 Å². The van der Waals surface area contributed by atoms with Gasteiger partial charge in [0.1, 0.15) is 17.0 Å². The van der Waals surface area contributed by atoms with Gasteiger partial charge in [-0.3, -0.25) is 9.59 Å². The van der Waals surface area contributed by atoms with Crippen molar-refractivity contribution in [2.24, 2.45) is 5.10 Å². The van der Waals surface area contributed by atoms with Gasteiger partial charge in [0.05, 0.1) is 6.21 Å². The van der Waals surface area contributed by atoms with Gasteiger partial charge in [0.25, 0.3) is 5.91 Å². The molecule has 1 unspecified atom stereocenters. The van der Waals surface area contributed by atoms with Crippen molar-refractivity contribution in [2.45, 2.75) is 57.9 Å². The number of benzene rings is 3. The smallest absolute Gasteiger partial charge is 0.275 e. The number of carbonyl (C=O) groups is 2. The van der Waals surface area contributed by atoms with Crippen LogP contribution < -0.4 is 14.5 Å². The lowest BCUT2D eigenvalue weighted by molar-refractivity contribution is -0.102. The Morgan fingerprint density at radius 2 is 1.67 bits per heavy atom. The predicted molar refractivity (Wildman–Crippen MR) is 183 cm³/mol. The summed E-state index contributed by atoms with van der Waals surface area (Å²) in [6, 6.07) is 22.6. The molecule has 0 aromatic heterocycles. The Balaban J connectivity index is 1.47. The summed E-state index contributed by atoms with van der Waals surface area (Å²) in [6.45, 7) is 10.5. The van der Waals surface area contributed by atoms with Crippen LogP contribution in [0, 0.1) is 0 Å². The van der Waals surface area contributed by atoms with Crippen LogP contribution in [-0.2, 0) is 15.7 Å². The van der Waals surface area contributed by atoms with Crippen molar-refractivity contribution in [3.8, 4) is 5.75 Å². The third-order valence-electron chi connectivity index (χ3n) is 10.3. The number of para-hydroxylation sites is 1. The Bertz CT molecular complexity index is 1880. The fraction of sp³-hybridized carbons (Fsp3) is 0.308. The topological polar surface area (TPSA) is 65.5 Å². The number of likely N-dealkylation sites (N-methyl/N-ethyl adjacent to an activating group) is 1. The first kappa shape index (κ1) is 29.8. The molecule has 0 saturated carbocycles. The van der Waals surface area contributed by atoms with Crippen molar-refractivity contribution >= 4 is 29.8 Å². The van der Waals surface area contributed by atoms with Gasteiger partial charge in [0, 0.05) is 71.0 Å². The van der Waals surface area contributed by atoms with Crippen molar-refractivity contribution in [1.29, 1.82) is 0 Å². The van der Waals surface area contributed by atoms with Crippen LogP contribution in [0.15, 0.2) is 107 Å². The fourth-order valence-corrected chi connectivity index (χ4v) is 8.09. The Labute approximate surface area is 271 Å². The van der Waals surface area contributed by atoms with Gasteiger partial charge in [-0.2, -0.15) is 5.10 Å². The van der Waals surface area contributed by atoms with Crippen LogP contribution in [0.1, 0.15) is 74.0 Å². The molecule has 3 aromatic rings. The number of allylic oxidation sites excluding steroid dienone is 4. The lowest BCUT2D eigenvalue weighted by Crippen LogP contribution is -2.47. The zero-order valence-electron chi connectivity index (χ0n) is 27.2. The molecule has 0 bridgehead atoms. The molecule has 3 heterocycles. The molecular weight excluding hydrogens is 572 g/mol. The number of fused-ring (bicyclic) bond motifs is 6. The standard InChI is InChI=1S/C39H40N4O3/c1-6-42(7-2)27-20-21-31-34(25-27)46-36-26(19-22-35-38(3,4)30-16-10-11-18-33(30)41(35)5)13-12-17-32(36)39(31)29-15-9-8-14-28(29)37(45)43(39)40-23-24-44/h8-11,14-16,18-25H,6-7,12-13,17H2,1-5H3/b26-19+,35-22+,40-23+. The van der Waals surface area contributed by atoms with Gasteiger partial charge in [-0.05, 0) is 68.5 Å². The van der Waals surface area contributed by atoms with E-state index >= 15 is 0 Å². The Hall–Kier alpha value is -4.91. The summed E-state index contributed by atoms with van der Waals surface area (Å²) in [4.78, 5) is 30.3. The first-order chi connectivity index (χ1) is 22.3. The van der Waals surface area contributed by atoms with Crippen LogP contribution >= 0.6 is 0 Å². The summed E-state index contributed by atoms with van der Waals surface area (Å²) >= 11 is 0. The second-order valence-electron chi connectivity index (χ2n) is 12.8. The van der Waals surface area contributed by atoms with E-state index in [1.807, 2.05) is 24.3 Å². The van der Waals surface area contributed by atoms with E-state index in [2.05, 4.69) is 104 Å². The van der Waals surface area contributed by atoms with E-state index in [1.165, 1.54) is 28.2 Å². The second-order valence-corrected chi connectivity index (χ2v) is 12.8. The number of hydrazone groups is 1. The Morgan fingerprint density at radius 1 is 0.935 bits per heavy atom. The number of anilines is 2. The molecule has 3 aromatic carbocycles. The zero-order chi connectivity index (χ0) is 32.2. The SMILES string of the molecule is CCN(CC)c1ccc2c(c1)OC1=C(CCC/C1=C\C=C1\N(C)c3ccccc3C1(C)C)C21c2ccccc2C(=O)N1/N=C/C=O. The van der Waals surface area contributed by atoms with Crippen molar-refractivity contribution in [3.63, 3.8) is 0 Å². The largest absolute Gasteiger partial charge is 0.457 e. The van der Waals surface area contributed by atoms with E-state index in [-0.39, 0.29) is 11.3 Å². The molecule has 7 rings (SSSR count). The van der Waals surface area contributed by atoms with Gasteiger partial charge >= 0.3 is 0 Å². The van der Waals surface area contributed by atoms with E-state index in [1.54, 1.807) is 0 Å². The maximum atomic E-state index is 14.1. The molecule has 7 heteroatoms. The molecule has 234 valence electrons. The van der Waals surface area contributed by atoms with E-state index < -0.39 is 5.54 Å². The lowest BCUT2D eigenvalue weighted by atomic mass is 9.70. The first-order valence-corrected chi connectivity index (χ1v) is 16.3. The number of rotatable bonds is 6. The van der Waals surface area contributed by atoms with Crippen LogP contribution in [0.25, 0.3) is 0 Å². The predicted octanol–water partition coefficient (Wildman–Crippen LogP) is 7.49. The van der Waals surface area contributed by atoms with Crippen molar-refractivity contribution < 1.29 is 14.3 Å². The van der Waals surface area contributed by atoms with Gasteiger partial charge in [-0.1, -0.05) is 62.4 Å². The fourth-order valence-electron chi connectivity index (χ4n) is 8.09. The Kier molecular flexibility index (Phi) is 7.23. The molecule has 46 heavy (non-hydrogen) atoms. The third-order valence-corrected chi connectivity index (χ3v) is 10.3. The summed E-state index contributed by atoms with van der Waals surface area (Å²) in [5.41, 5.74) is 7.98. The molecule has 0 saturated heterocycles. The highest BCUT2D eigenvalue weighted by Crippen LogP contribution is 2.59. The van der Waals surface area contributed by atoms with Crippen LogP contribution in [0.5, 0.6) is 5.75 Å². The van der Waals surface area contributed by atoms with Crippen LogP contribution in [0.3, 0.4) is 0 Å². The van der Waals surface area contributed by atoms with E-state index in [0.717, 1.165) is 66.1 Å². The number of aldehydes is 1. The van der Waals surface area contributed by atoms with Crippen LogP contribution in [0.4, 0.5) is 11.4 Å². The molecule has 0 radical (unpaired) electrons. The lowest BCUT2D eigenvalue weighted by Gasteiger charge is -2.45. The molecule has 4 aliphatic rings. The van der Waals surface area contributed by atoms with Crippen LogP contribution in [-0.4, -0.2) is 43.6 Å². The summed E-state index contributed by atoms with van der Waals surface area (Å²) in [7, 11) is 2.13. The number of nitrogens with zero attached hydrogens (tertiary/aromatic N) is 4. The van der Waals surface area contributed by atoms with Gasteiger partial charge in [0.15, 0.2) is 6.29 Å². The highest BCUT2D eigenvalue weighted by molar-refractivity contribution is 6.13. The van der Waals surface area contributed by atoms with Gasteiger partial charge in [0.2, 0.25) is 0 Å². The maximum Gasteiger partial charge on any atom is 0.275 e. The number of hydrogen-bond donors (Lipinski definition) is 0. The van der Waals surface area contributed by atoms with Gasteiger partial charge in [-0.15, -0.1) is 0 Å². The minimum atomic E-state index is -1.04.